The van der Waals surface area contributed by atoms with Crippen LogP contribution in [0.1, 0.15) is 6.92 Å². The molecule has 0 aliphatic rings. The Hall–Kier alpha value is -1.89. The monoisotopic (exact) mass is 215 g/mol. The van der Waals surface area contributed by atoms with E-state index in [1.165, 1.54) is 6.92 Å². The molecule has 0 aliphatic carbocycles. The van der Waals surface area contributed by atoms with Gasteiger partial charge in [0.2, 0.25) is 11.8 Å². The van der Waals surface area contributed by atoms with E-state index >= 15 is 0 Å². The maximum atomic E-state index is 10.9. The quantitative estimate of drug-likeness (QED) is 0.317. The number of carboxylic acid groups (broad SMARTS) is 1. The van der Waals surface area contributed by atoms with Crippen LogP contribution in [0.3, 0.4) is 0 Å². The average Bonchev–Trinajstić information content (AvgIpc) is 2.14. The van der Waals surface area contributed by atoms with Gasteiger partial charge in [-0.15, -0.1) is 0 Å². The van der Waals surface area contributed by atoms with Crippen LogP contribution in [0.5, 0.6) is 0 Å². The topological polar surface area (TPSA) is 122 Å². The van der Waals surface area contributed by atoms with Crippen molar-refractivity contribution in [3.8, 4) is 0 Å². The molecule has 0 saturated carbocycles. The van der Waals surface area contributed by atoms with Gasteiger partial charge in [-0.3, -0.25) is 9.59 Å². The summed E-state index contributed by atoms with van der Waals surface area (Å²) in [5.74, 6) is -2.23. The Morgan fingerprint density at radius 1 is 1.33 bits per heavy atom. The molecule has 7 heteroatoms. The molecule has 5 N–H and O–H groups in total. The number of carboxylic acids is 1. The van der Waals surface area contributed by atoms with Gasteiger partial charge in [-0.25, -0.2) is 4.79 Å². The minimum atomic E-state index is -1.22. The van der Waals surface area contributed by atoms with Crippen molar-refractivity contribution >= 4 is 17.8 Å². The van der Waals surface area contributed by atoms with Crippen molar-refractivity contribution in [3.05, 3.63) is 12.2 Å². The highest BCUT2D eigenvalue weighted by Crippen LogP contribution is 1.75. The predicted octanol–water partition coefficient (Wildman–Crippen LogP) is -1.84. The van der Waals surface area contributed by atoms with E-state index in [9.17, 15) is 14.4 Å². The molecule has 1 atom stereocenters. The van der Waals surface area contributed by atoms with Gasteiger partial charge in [-0.2, -0.15) is 0 Å². The fourth-order valence-corrected chi connectivity index (χ4v) is 0.585. The molecular formula is C8H13N3O4. The van der Waals surface area contributed by atoms with Crippen molar-refractivity contribution in [2.75, 3.05) is 6.67 Å². The Labute approximate surface area is 86.3 Å². The SMILES string of the molecule is C[C@H](N)C(=O)NCNC(=O)/C=C\C(=O)O. The molecule has 84 valence electrons. The van der Waals surface area contributed by atoms with Gasteiger partial charge in [0.05, 0.1) is 12.7 Å². The zero-order chi connectivity index (χ0) is 11.8. The number of nitrogens with one attached hydrogen (secondary N) is 2. The third-order valence-corrected chi connectivity index (χ3v) is 1.32. The lowest BCUT2D eigenvalue weighted by Gasteiger charge is -2.07. The Balaban J connectivity index is 3.73. The maximum Gasteiger partial charge on any atom is 0.328 e. The lowest BCUT2D eigenvalue weighted by molar-refractivity contribution is -0.131. The van der Waals surface area contributed by atoms with Crippen molar-refractivity contribution in [2.24, 2.45) is 5.73 Å². The second kappa shape index (κ2) is 6.55. The fourth-order valence-electron chi connectivity index (χ4n) is 0.585. The summed E-state index contributed by atoms with van der Waals surface area (Å²) < 4.78 is 0. The van der Waals surface area contributed by atoms with E-state index < -0.39 is 23.8 Å². The van der Waals surface area contributed by atoms with E-state index in [1.807, 2.05) is 0 Å². The smallest absolute Gasteiger partial charge is 0.328 e. The van der Waals surface area contributed by atoms with E-state index in [1.54, 1.807) is 0 Å². The molecule has 0 aromatic heterocycles. The molecule has 15 heavy (non-hydrogen) atoms. The van der Waals surface area contributed by atoms with Crippen LogP contribution in [0.2, 0.25) is 0 Å². The van der Waals surface area contributed by atoms with Crippen LogP contribution in [0.15, 0.2) is 12.2 Å². The Morgan fingerprint density at radius 3 is 2.40 bits per heavy atom. The Kier molecular flexibility index (Phi) is 5.72. The van der Waals surface area contributed by atoms with Gasteiger partial charge in [0.1, 0.15) is 0 Å². The van der Waals surface area contributed by atoms with Gasteiger partial charge in [-0.1, -0.05) is 0 Å². The first-order chi connectivity index (χ1) is 6.93. The van der Waals surface area contributed by atoms with Gasteiger partial charge in [0, 0.05) is 12.2 Å². The van der Waals surface area contributed by atoms with E-state index in [2.05, 4.69) is 10.6 Å². The van der Waals surface area contributed by atoms with Crippen LogP contribution in [0, 0.1) is 0 Å². The summed E-state index contributed by atoms with van der Waals surface area (Å²) in [6.45, 7) is 1.41. The predicted molar refractivity (Wildman–Crippen MR) is 51.6 cm³/mol. The first kappa shape index (κ1) is 13.1. The number of rotatable bonds is 5. The lowest BCUT2D eigenvalue weighted by atomic mass is 10.3. The van der Waals surface area contributed by atoms with Crippen LogP contribution in [0.4, 0.5) is 0 Å². The summed E-state index contributed by atoms with van der Waals surface area (Å²) in [6, 6.07) is -0.656. The maximum absolute atomic E-state index is 10.9. The standard InChI is InChI=1S/C8H13N3O4/c1-5(9)8(15)11-4-10-6(12)2-3-7(13)14/h2-3,5H,4,9H2,1H3,(H,10,12)(H,11,15)(H,13,14)/b3-2-/t5-/m0/s1. The summed E-state index contributed by atoms with van der Waals surface area (Å²) >= 11 is 0. The number of amides is 2. The van der Waals surface area contributed by atoms with Crippen LogP contribution < -0.4 is 16.4 Å². The summed E-state index contributed by atoms with van der Waals surface area (Å²) in [4.78, 5) is 31.8. The molecule has 0 heterocycles. The minimum absolute atomic E-state index is 0.0941. The second-order valence-corrected chi connectivity index (χ2v) is 2.72. The molecule has 0 fully saturated rings. The Bertz CT molecular complexity index is 286. The third-order valence-electron chi connectivity index (χ3n) is 1.32. The molecule has 0 radical (unpaired) electrons. The summed E-state index contributed by atoms with van der Waals surface area (Å²) in [5.41, 5.74) is 5.23. The molecule has 0 aliphatic heterocycles. The molecule has 0 aromatic carbocycles. The number of hydrogen-bond acceptors (Lipinski definition) is 4. The molecule has 0 unspecified atom stereocenters. The van der Waals surface area contributed by atoms with Crippen molar-refractivity contribution < 1.29 is 19.5 Å². The average molecular weight is 215 g/mol. The molecule has 7 nitrogen and oxygen atoms in total. The number of carbonyl (C=O) groups is 3. The molecule has 0 spiro atoms. The highest BCUT2D eigenvalue weighted by molar-refractivity contribution is 5.94. The highest BCUT2D eigenvalue weighted by Gasteiger charge is 2.05. The number of hydrogen-bond donors (Lipinski definition) is 4. The molecular weight excluding hydrogens is 202 g/mol. The summed E-state index contributed by atoms with van der Waals surface area (Å²) in [5, 5.41) is 12.8. The van der Waals surface area contributed by atoms with Gasteiger partial charge in [0.15, 0.2) is 0 Å². The first-order valence-corrected chi connectivity index (χ1v) is 4.15. The largest absolute Gasteiger partial charge is 0.478 e. The number of aliphatic carboxylic acids is 1. The lowest BCUT2D eigenvalue weighted by Crippen LogP contribution is -2.43. The van der Waals surface area contributed by atoms with Crippen LogP contribution in [-0.4, -0.2) is 35.6 Å². The molecule has 0 aromatic rings. The van der Waals surface area contributed by atoms with E-state index in [0.717, 1.165) is 6.08 Å². The van der Waals surface area contributed by atoms with E-state index in [4.69, 9.17) is 10.8 Å². The van der Waals surface area contributed by atoms with Crippen LogP contribution in [0.25, 0.3) is 0 Å². The molecule has 2 amide bonds. The van der Waals surface area contributed by atoms with E-state index in [-0.39, 0.29) is 6.67 Å². The molecule has 0 rings (SSSR count). The highest BCUT2D eigenvalue weighted by atomic mass is 16.4. The van der Waals surface area contributed by atoms with E-state index in [0.29, 0.717) is 6.08 Å². The normalized spacial score (nSPS) is 12.1. The zero-order valence-corrected chi connectivity index (χ0v) is 8.19. The second-order valence-electron chi connectivity index (χ2n) is 2.72. The Morgan fingerprint density at radius 2 is 1.93 bits per heavy atom. The van der Waals surface area contributed by atoms with Gasteiger partial charge in [0.25, 0.3) is 0 Å². The van der Waals surface area contributed by atoms with Crippen LogP contribution in [-0.2, 0) is 14.4 Å². The molecule has 0 bridgehead atoms. The molecule has 0 saturated heterocycles. The fraction of sp³-hybridized carbons (Fsp3) is 0.375. The van der Waals surface area contributed by atoms with Crippen molar-refractivity contribution in [3.63, 3.8) is 0 Å². The number of carbonyl (C=O) groups excluding carboxylic acids is 2. The van der Waals surface area contributed by atoms with Gasteiger partial charge >= 0.3 is 5.97 Å². The van der Waals surface area contributed by atoms with Gasteiger partial charge in [-0.05, 0) is 6.92 Å². The third kappa shape index (κ3) is 7.20. The summed E-state index contributed by atoms with van der Waals surface area (Å²) in [7, 11) is 0. The van der Waals surface area contributed by atoms with Crippen molar-refractivity contribution in [1.82, 2.24) is 10.6 Å². The van der Waals surface area contributed by atoms with Gasteiger partial charge < -0.3 is 21.5 Å². The van der Waals surface area contributed by atoms with Crippen LogP contribution >= 0.6 is 0 Å². The van der Waals surface area contributed by atoms with Crippen molar-refractivity contribution in [2.45, 2.75) is 13.0 Å². The zero-order valence-electron chi connectivity index (χ0n) is 8.19. The minimum Gasteiger partial charge on any atom is -0.478 e. The first-order valence-electron chi connectivity index (χ1n) is 4.15. The number of nitrogens with two attached hydrogens (primary N) is 1. The summed E-state index contributed by atoms with van der Waals surface area (Å²) in [6.07, 6.45) is 1.54. The van der Waals surface area contributed by atoms with Crippen molar-refractivity contribution in [1.29, 1.82) is 0 Å².